The van der Waals surface area contributed by atoms with Gasteiger partial charge in [-0.3, -0.25) is 0 Å². The van der Waals surface area contributed by atoms with Gasteiger partial charge in [0.25, 0.3) is 0 Å². The average Bonchev–Trinajstić information content (AvgIpc) is 2.01. The van der Waals surface area contributed by atoms with Crippen LogP contribution in [-0.4, -0.2) is 11.7 Å². The molecule has 1 fully saturated rings. The fourth-order valence-corrected chi connectivity index (χ4v) is 2.49. The lowest BCUT2D eigenvalue weighted by Crippen LogP contribution is -2.29. The minimum absolute atomic E-state index is 0.341. The molecule has 0 amide bonds. The van der Waals surface area contributed by atoms with E-state index in [0.29, 0.717) is 23.9 Å². The largest absolute Gasteiger partial charge is 0.396 e. The van der Waals surface area contributed by atoms with E-state index in [1.54, 1.807) is 0 Å². The van der Waals surface area contributed by atoms with Crippen molar-refractivity contribution in [2.75, 3.05) is 6.61 Å². The van der Waals surface area contributed by atoms with Crippen LogP contribution < -0.4 is 0 Å². The van der Waals surface area contributed by atoms with E-state index in [1.165, 1.54) is 6.42 Å². The Kier molecular flexibility index (Phi) is 2.94. The second-order valence-electron chi connectivity index (χ2n) is 4.85. The molecule has 1 aliphatic rings. The Bertz CT molecular complexity index is 160. The molecule has 0 bridgehead atoms. The minimum Gasteiger partial charge on any atom is -0.396 e. The lowest BCUT2D eigenvalue weighted by Gasteiger charge is -2.38. The van der Waals surface area contributed by atoms with Crippen molar-refractivity contribution in [2.24, 2.45) is 17.3 Å². The topological polar surface area (TPSA) is 20.2 Å². The van der Waals surface area contributed by atoms with E-state index in [0.717, 1.165) is 12.8 Å². The molecule has 1 saturated carbocycles. The van der Waals surface area contributed by atoms with Gasteiger partial charge in [-0.25, -0.2) is 0 Å². The van der Waals surface area contributed by atoms with E-state index in [-0.39, 0.29) is 0 Å². The monoisotopic (exact) mass is 168 g/mol. The first kappa shape index (κ1) is 9.79. The predicted molar refractivity (Wildman–Crippen MR) is 51.9 cm³/mol. The van der Waals surface area contributed by atoms with Crippen molar-refractivity contribution < 1.29 is 5.11 Å². The molecule has 0 spiro atoms. The van der Waals surface area contributed by atoms with Gasteiger partial charge >= 0.3 is 0 Å². The van der Waals surface area contributed by atoms with E-state index >= 15 is 0 Å². The normalized spacial score (nSPS) is 34.6. The van der Waals surface area contributed by atoms with Crippen molar-refractivity contribution >= 4 is 0 Å². The van der Waals surface area contributed by atoms with Crippen molar-refractivity contribution in [1.82, 2.24) is 0 Å². The summed E-state index contributed by atoms with van der Waals surface area (Å²) in [5.41, 5.74) is 0.393. The van der Waals surface area contributed by atoms with Gasteiger partial charge in [0.2, 0.25) is 0 Å². The summed E-state index contributed by atoms with van der Waals surface area (Å²) in [6, 6.07) is 0. The van der Waals surface area contributed by atoms with Gasteiger partial charge < -0.3 is 5.11 Å². The molecule has 1 nitrogen and oxygen atoms in total. The van der Waals surface area contributed by atoms with Crippen molar-refractivity contribution in [2.45, 2.75) is 33.1 Å². The Hall–Kier alpha value is -0.300. The molecule has 0 aromatic carbocycles. The molecule has 1 aliphatic carbocycles. The summed E-state index contributed by atoms with van der Waals surface area (Å²) < 4.78 is 0. The maximum atomic E-state index is 9.10. The summed E-state index contributed by atoms with van der Waals surface area (Å²) in [5, 5.41) is 9.10. The zero-order valence-corrected chi connectivity index (χ0v) is 8.21. The van der Waals surface area contributed by atoms with E-state index < -0.39 is 0 Å². The number of aliphatic hydroxyl groups excluding tert-OH is 1. The fourth-order valence-electron chi connectivity index (χ4n) is 2.49. The first-order valence-electron chi connectivity index (χ1n) is 4.81. The molecule has 0 heterocycles. The van der Waals surface area contributed by atoms with Crippen LogP contribution in [0.3, 0.4) is 0 Å². The summed E-state index contributed by atoms with van der Waals surface area (Å²) in [6.45, 7) is 8.74. The van der Waals surface area contributed by atoms with Crippen LogP contribution >= 0.6 is 0 Å². The number of aliphatic hydroxyl groups is 1. The van der Waals surface area contributed by atoms with Gasteiger partial charge in [-0.15, -0.1) is 6.58 Å². The Morgan fingerprint density at radius 2 is 2.17 bits per heavy atom. The second-order valence-corrected chi connectivity index (χ2v) is 4.85. The lowest BCUT2D eigenvalue weighted by atomic mass is 9.68. The molecule has 70 valence electrons. The third kappa shape index (κ3) is 2.34. The average molecular weight is 168 g/mol. The van der Waals surface area contributed by atoms with E-state index in [1.807, 2.05) is 6.08 Å². The maximum absolute atomic E-state index is 9.10. The predicted octanol–water partition coefficient (Wildman–Crippen LogP) is 2.61. The smallest absolute Gasteiger partial charge is 0.0459 e. The van der Waals surface area contributed by atoms with Crippen LogP contribution in [0, 0.1) is 17.3 Å². The van der Waals surface area contributed by atoms with Gasteiger partial charge in [0.15, 0.2) is 0 Å². The number of allylic oxidation sites excluding steroid dienone is 1. The first-order valence-corrected chi connectivity index (χ1v) is 4.81. The Balaban J connectivity index is 2.58. The van der Waals surface area contributed by atoms with Gasteiger partial charge in [-0.05, 0) is 36.5 Å². The SMILES string of the molecule is C=CC1CC(CO)CC(C)(C)C1. The second kappa shape index (κ2) is 3.61. The quantitative estimate of drug-likeness (QED) is 0.628. The van der Waals surface area contributed by atoms with Gasteiger partial charge in [-0.1, -0.05) is 19.9 Å². The summed E-state index contributed by atoms with van der Waals surface area (Å²) in [5.74, 6) is 1.11. The molecule has 12 heavy (non-hydrogen) atoms. The van der Waals surface area contributed by atoms with Crippen LogP contribution in [0.1, 0.15) is 33.1 Å². The Morgan fingerprint density at radius 3 is 2.67 bits per heavy atom. The van der Waals surface area contributed by atoms with Gasteiger partial charge in [-0.2, -0.15) is 0 Å². The molecule has 1 N–H and O–H groups in total. The van der Waals surface area contributed by atoms with E-state index in [2.05, 4.69) is 20.4 Å². The Morgan fingerprint density at radius 1 is 1.50 bits per heavy atom. The first-order chi connectivity index (χ1) is 5.57. The summed E-state index contributed by atoms with van der Waals surface area (Å²) in [6.07, 6.45) is 5.56. The highest BCUT2D eigenvalue weighted by atomic mass is 16.3. The molecule has 2 unspecified atom stereocenters. The molecule has 2 atom stereocenters. The van der Waals surface area contributed by atoms with Gasteiger partial charge in [0, 0.05) is 6.61 Å². The fraction of sp³-hybridized carbons (Fsp3) is 0.818. The van der Waals surface area contributed by atoms with Gasteiger partial charge in [0.05, 0.1) is 0 Å². The molecule has 0 radical (unpaired) electrons. The third-order valence-corrected chi connectivity index (χ3v) is 2.88. The minimum atomic E-state index is 0.341. The highest BCUT2D eigenvalue weighted by Gasteiger charge is 2.31. The molecule has 1 rings (SSSR count). The zero-order chi connectivity index (χ0) is 9.19. The molecule has 1 heteroatoms. The van der Waals surface area contributed by atoms with Crippen LogP contribution in [0.2, 0.25) is 0 Å². The molecule has 0 saturated heterocycles. The van der Waals surface area contributed by atoms with E-state index in [9.17, 15) is 0 Å². The summed E-state index contributed by atoms with van der Waals surface area (Å²) in [4.78, 5) is 0. The van der Waals surface area contributed by atoms with Crippen molar-refractivity contribution in [3.05, 3.63) is 12.7 Å². The highest BCUT2D eigenvalue weighted by Crippen LogP contribution is 2.41. The molecular formula is C11H20O. The van der Waals surface area contributed by atoms with Crippen LogP contribution in [0.25, 0.3) is 0 Å². The van der Waals surface area contributed by atoms with Crippen molar-refractivity contribution in [1.29, 1.82) is 0 Å². The molecule has 0 aromatic rings. The Labute approximate surface area is 75.5 Å². The number of hydrogen-bond donors (Lipinski definition) is 1. The lowest BCUT2D eigenvalue weighted by molar-refractivity contribution is 0.0963. The third-order valence-electron chi connectivity index (χ3n) is 2.88. The number of hydrogen-bond acceptors (Lipinski definition) is 1. The van der Waals surface area contributed by atoms with Crippen molar-refractivity contribution in [3.63, 3.8) is 0 Å². The molecule has 0 aromatic heterocycles. The number of rotatable bonds is 2. The van der Waals surface area contributed by atoms with Crippen LogP contribution in [-0.2, 0) is 0 Å². The maximum Gasteiger partial charge on any atom is 0.0459 e. The molecular weight excluding hydrogens is 148 g/mol. The van der Waals surface area contributed by atoms with Crippen molar-refractivity contribution in [3.8, 4) is 0 Å². The summed E-state index contributed by atoms with van der Waals surface area (Å²) in [7, 11) is 0. The molecule has 0 aliphatic heterocycles. The standard InChI is InChI=1S/C11H20O/c1-4-9-5-10(8-12)7-11(2,3)6-9/h4,9-10,12H,1,5-8H2,2-3H3. The van der Waals surface area contributed by atoms with Crippen LogP contribution in [0.4, 0.5) is 0 Å². The summed E-state index contributed by atoms with van der Waals surface area (Å²) >= 11 is 0. The van der Waals surface area contributed by atoms with Crippen LogP contribution in [0.5, 0.6) is 0 Å². The van der Waals surface area contributed by atoms with Gasteiger partial charge in [0.1, 0.15) is 0 Å². The van der Waals surface area contributed by atoms with E-state index in [4.69, 9.17) is 5.11 Å². The highest BCUT2D eigenvalue weighted by molar-refractivity contribution is 4.91. The zero-order valence-electron chi connectivity index (χ0n) is 8.21. The van der Waals surface area contributed by atoms with Crippen LogP contribution in [0.15, 0.2) is 12.7 Å².